The summed E-state index contributed by atoms with van der Waals surface area (Å²) in [5.41, 5.74) is 0. The third kappa shape index (κ3) is 25.2. The number of carbonyl (C=O) groups is 1. The lowest BCUT2D eigenvalue weighted by Crippen LogP contribution is -2.65. The van der Waals surface area contributed by atoms with Gasteiger partial charge in [-0.15, -0.1) is 0 Å². The highest BCUT2D eigenvalue weighted by Crippen LogP contribution is 2.30. The molecule has 0 aromatic rings. The summed E-state index contributed by atoms with van der Waals surface area (Å²) in [7, 11) is 0. The second-order valence-electron chi connectivity index (χ2n) is 17.9. The van der Waals surface area contributed by atoms with Gasteiger partial charge in [-0.1, -0.05) is 159 Å². The molecule has 14 heteroatoms. The Kier molecular flexibility index (Phi) is 34.4. The van der Waals surface area contributed by atoms with Gasteiger partial charge in [-0.2, -0.15) is 0 Å². The maximum absolute atomic E-state index is 13.1. The van der Waals surface area contributed by atoms with Crippen molar-refractivity contribution in [3.8, 4) is 0 Å². The first-order valence-corrected chi connectivity index (χ1v) is 25.4. The Morgan fingerprint density at radius 2 is 1.06 bits per heavy atom. The molecule has 2 fully saturated rings. The molecule has 9 N–H and O–H groups in total. The molecule has 0 bridgehead atoms. The maximum atomic E-state index is 13.1. The quantitative estimate of drug-likeness (QED) is 0.0239. The zero-order valence-electron chi connectivity index (χ0n) is 40.0. The average Bonchev–Trinajstić information content (AvgIpc) is 3.30. The fourth-order valence-electron chi connectivity index (χ4n) is 8.05. The van der Waals surface area contributed by atoms with Crippen LogP contribution >= 0.6 is 0 Å². The third-order valence-electron chi connectivity index (χ3n) is 12.2. The largest absolute Gasteiger partial charge is 0.394 e. The summed E-state index contributed by atoms with van der Waals surface area (Å²) in [6.45, 7) is 2.68. The van der Waals surface area contributed by atoms with E-state index in [1.54, 1.807) is 6.08 Å². The molecule has 0 aromatic carbocycles. The predicted octanol–water partition coefficient (Wildman–Crippen LogP) is 6.49. The van der Waals surface area contributed by atoms with E-state index in [1.807, 2.05) is 6.08 Å². The molecule has 378 valence electrons. The molecule has 14 nitrogen and oxygen atoms in total. The molecule has 2 rings (SSSR count). The van der Waals surface area contributed by atoms with E-state index in [1.165, 1.54) is 77.0 Å². The highest BCUT2D eigenvalue weighted by Gasteiger charge is 2.51. The van der Waals surface area contributed by atoms with Crippen molar-refractivity contribution in [1.82, 2.24) is 5.32 Å². The number of amides is 1. The number of unbranched alkanes of at least 4 members (excludes halogenated alkanes) is 19. The number of nitrogens with one attached hydrogen (secondary N) is 1. The number of aliphatic hydroxyl groups excluding tert-OH is 8. The fourth-order valence-corrected chi connectivity index (χ4v) is 8.05. The van der Waals surface area contributed by atoms with Gasteiger partial charge in [0.1, 0.15) is 48.8 Å². The maximum Gasteiger partial charge on any atom is 0.220 e. The van der Waals surface area contributed by atoms with Crippen LogP contribution in [-0.2, 0) is 23.7 Å². The van der Waals surface area contributed by atoms with E-state index in [2.05, 4.69) is 55.6 Å². The molecule has 65 heavy (non-hydrogen) atoms. The van der Waals surface area contributed by atoms with Gasteiger partial charge >= 0.3 is 0 Å². The van der Waals surface area contributed by atoms with Crippen LogP contribution in [-0.4, -0.2) is 140 Å². The highest BCUT2D eigenvalue weighted by molar-refractivity contribution is 5.76. The topological polar surface area (TPSA) is 228 Å². The van der Waals surface area contributed by atoms with E-state index < -0.39 is 86.8 Å². The number of allylic oxidation sites excluding steroid dienone is 7. The van der Waals surface area contributed by atoms with E-state index in [0.29, 0.717) is 12.8 Å². The number of rotatable bonds is 38. The summed E-state index contributed by atoms with van der Waals surface area (Å²) < 4.78 is 22.7. The minimum Gasteiger partial charge on any atom is -0.394 e. The number of hydrogen-bond acceptors (Lipinski definition) is 13. The zero-order chi connectivity index (χ0) is 47.5. The number of aliphatic hydroxyl groups is 8. The van der Waals surface area contributed by atoms with Gasteiger partial charge in [0, 0.05) is 6.42 Å². The molecule has 0 aliphatic carbocycles. The minimum atomic E-state index is -1.79. The van der Waals surface area contributed by atoms with E-state index in [0.717, 1.165) is 64.2 Å². The predicted molar refractivity (Wildman–Crippen MR) is 254 cm³/mol. The molecule has 1 amide bonds. The van der Waals surface area contributed by atoms with Crippen molar-refractivity contribution >= 4 is 5.91 Å². The van der Waals surface area contributed by atoms with Crippen molar-refractivity contribution < 1.29 is 64.6 Å². The van der Waals surface area contributed by atoms with Gasteiger partial charge in [-0.25, -0.2) is 0 Å². The summed E-state index contributed by atoms with van der Waals surface area (Å²) in [4.78, 5) is 13.1. The van der Waals surface area contributed by atoms with Crippen molar-refractivity contribution in [3.63, 3.8) is 0 Å². The van der Waals surface area contributed by atoms with Crippen LogP contribution in [0.3, 0.4) is 0 Å². The van der Waals surface area contributed by atoms with Gasteiger partial charge in [0.15, 0.2) is 12.6 Å². The summed E-state index contributed by atoms with van der Waals surface area (Å²) in [5.74, 6) is -0.266. The average molecular weight is 926 g/mol. The summed E-state index contributed by atoms with van der Waals surface area (Å²) in [6.07, 6.45) is 27.3. The molecule has 0 spiro atoms. The van der Waals surface area contributed by atoms with Crippen LogP contribution in [0.4, 0.5) is 0 Å². The zero-order valence-corrected chi connectivity index (χ0v) is 40.0. The Hall–Kier alpha value is -2.05. The Labute approximate surface area is 391 Å². The Morgan fingerprint density at radius 3 is 1.66 bits per heavy atom. The molecule has 2 aliphatic heterocycles. The van der Waals surface area contributed by atoms with E-state index in [9.17, 15) is 45.6 Å². The number of hydrogen-bond donors (Lipinski definition) is 9. The molecule has 12 atom stereocenters. The molecule has 2 heterocycles. The van der Waals surface area contributed by atoms with Crippen molar-refractivity contribution in [2.24, 2.45) is 0 Å². The highest BCUT2D eigenvalue weighted by atomic mass is 16.7. The van der Waals surface area contributed by atoms with Crippen molar-refractivity contribution in [1.29, 1.82) is 0 Å². The molecular weight excluding hydrogens is 835 g/mol. The van der Waals surface area contributed by atoms with Crippen LogP contribution in [0, 0.1) is 0 Å². The van der Waals surface area contributed by atoms with Crippen LogP contribution in [0.1, 0.15) is 174 Å². The van der Waals surface area contributed by atoms with Gasteiger partial charge < -0.3 is 65.1 Å². The first-order chi connectivity index (χ1) is 31.6. The Bertz CT molecular complexity index is 1280. The second kappa shape index (κ2) is 37.9. The third-order valence-corrected chi connectivity index (χ3v) is 12.2. The summed E-state index contributed by atoms with van der Waals surface area (Å²) in [5, 5.41) is 86.7. The van der Waals surface area contributed by atoms with Gasteiger partial charge in [-0.05, 0) is 57.8 Å². The molecule has 2 saturated heterocycles. The van der Waals surface area contributed by atoms with E-state index in [-0.39, 0.29) is 18.9 Å². The van der Waals surface area contributed by atoms with Crippen LogP contribution < -0.4 is 5.32 Å². The van der Waals surface area contributed by atoms with Crippen molar-refractivity contribution in [2.45, 2.75) is 248 Å². The Morgan fingerprint density at radius 1 is 0.554 bits per heavy atom. The van der Waals surface area contributed by atoms with Crippen LogP contribution in [0.15, 0.2) is 48.6 Å². The SMILES string of the molecule is CCC/C=C\C/C=C\CCCCCCCC(=O)NC(COC1OC(CO)C(OC2OC(CO)C(O)C(O)C2O)C(O)C1O)C(O)/C=C/CC/C=C/CCCCCCCCCCCCCC. The molecule has 2 aliphatic rings. The van der Waals surface area contributed by atoms with Crippen molar-refractivity contribution in [2.75, 3.05) is 19.8 Å². The second-order valence-corrected chi connectivity index (χ2v) is 17.9. The minimum absolute atomic E-state index is 0.256. The molecule has 0 saturated carbocycles. The lowest BCUT2D eigenvalue weighted by Gasteiger charge is -2.46. The molecule has 0 aromatic heterocycles. The number of carbonyl (C=O) groups excluding carboxylic acids is 1. The van der Waals surface area contributed by atoms with Crippen LogP contribution in [0.5, 0.6) is 0 Å². The lowest BCUT2D eigenvalue weighted by molar-refractivity contribution is -0.359. The molecule has 12 unspecified atom stereocenters. The van der Waals surface area contributed by atoms with E-state index >= 15 is 0 Å². The normalized spacial score (nSPS) is 27.4. The smallest absolute Gasteiger partial charge is 0.220 e. The van der Waals surface area contributed by atoms with E-state index in [4.69, 9.17) is 18.9 Å². The van der Waals surface area contributed by atoms with Crippen molar-refractivity contribution in [3.05, 3.63) is 48.6 Å². The van der Waals surface area contributed by atoms with Gasteiger partial charge in [0.05, 0.1) is 32.0 Å². The standard InChI is InChI=1S/C51H91NO13/c1-3-5-7-9-11-13-15-17-18-19-20-21-23-24-26-28-30-32-34-40(55)39(52-43(56)35-33-31-29-27-25-22-16-14-12-10-8-6-4-2)38-62-50-48(61)46(59)49(42(37-54)64-50)65-51-47(60)45(58)44(57)41(36-53)63-51/h8,10,14,16,24,26,32,34,39-42,44-51,53-55,57-61H,3-7,9,11-13,15,17-23,25,27-31,33,35-38H2,1-2H3,(H,52,56)/b10-8-,16-14-,26-24+,34-32+. The number of ether oxygens (including phenoxy) is 4. The first-order valence-electron chi connectivity index (χ1n) is 25.4. The van der Waals surface area contributed by atoms with Crippen LogP contribution in [0.25, 0.3) is 0 Å². The van der Waals surface area contributed by atoms with Gasteiger partial charge in [0.2, 0.25) is 5.91 Å². The van der Waals surface area contributed by atoms with Gasteiger partial charge in [-0.3, -0.25) is 4.79 Å². The van der Waals surface area contributed by atoms with Crippen LogP contribution in [0.2, 0.25) is 0 Å². The fraction of sp³-hybridized carbons (Fsp3) is 0.824. The summed E-state index contributed by atoms with van der Waals surface area (Å²) in [6, 6.07) is -0.938. The lowest BCUT2D eigenvalue weighted by atomic mass is 9.97. The summed E-state index contributed by atoms with van der Waals surface area (Å²) >= 11 is 0. The Balaban J connectivity index is 1.88. The monoisotopic (exact) mass is 926 g/mol. The molecule has 0 radical (unpaired) electrons. The molecular formula is C51H91NO13. The van der Waals surface area contributed by atoms with Gasteiger partial charge in [0.25, 0.3) is 0 Å². The first kappa shape index (κ1) is 59.1.